The predicted octanol–water partition coefficient (Wildman–Crippen LogP) is 2.43. The molecule has 0 aromatic heterocycles. The van der Waals surface area contributed by atoms with Gasteiger partial charge in [0.25, 0.3) is 0 Å². The highest BCUT2D eigenvalue weighted by atomic mass is 32.2. The Morgan fingerprint density at radius 3 is 2.89 bits per heavy atom. The maximum Gasteiger partial charge on any atom is 0.174 e. The van der Waals surface area contributed by atoms with Gasteiger partial charge in [-0.2, -0.15) is 17.0 Å². The van der Waals surface area contributed by atoms with Crippen molar-refractivity contribution in [2.24, 2.45) is 5.92 Å². The Balaban J connectivity index is 1.70. The van der Waals surface area contributed by atoms with Crippen LogP contribution in [0.15, 0.2) is 24.3 Å². The lowest BCUT2D eigenvalue weighted by molar-refractivity contribution is 0.368. The van der Waals surface area contributed by atoms with Crippen molar-refractivity contribution in [2.45, 2.75) is 13.0 Å². The van der Waals surface area contributed by atoms with E-state index in [1.165, 1.54) is 23.5 Å². The summed E-state index contributed by atoms with van der Waals surface area (Å²) in [5, 5.41) is 11.9. The molecule has 2 rings (SSSR count). The molecule has 1 aromatic carbocycles. The van der Waals surface area contributed by atoms with Crippen LogP contribution in [-0.4, -0.2) is 24.7 Å². The number of thioether (sulfide) groups is 1. The van der Waals surface area contributed by atoms with Crippen molar-refractivity contribution in [1.82, 2.24) is 5.32 Å². The van der Waals surface area contributed by atoms with Gasteiger partial charge in [0.2, 0.25) is 0 Å². The van der Waals surface area contributed by atoms with Gasteiger partial charge in [0.05, 0.1) is 0 Å². The fourth-order valence-corrected chi connectivity index (χ4v) is 3.27. The molecule has 1 aliphatic heterocycles. The van der Waals surface area contributed by atoms with Gasteiger partial charge in [-0.25, -0.2) is 0 Å². The van der Waals surface area contributed by atoms with Crippen molar-refractivity contribution >= 4 is 11.8 Å². The highest BCUT2D eigenvalue weighted by Gasteiger charge is 2.14. The number of ether oxygens (including phenoxy) is 1. The van der Waals surface area contributed by atoms with Crippen molar-refractivity contribution in [3.8, 4) is 11.8 Å². The Hall–Kier alpha value is -1.18. The Morgan fingerprint density at radius 1 is 1.39 bits per heavy atom. The first kappa shape index (κ1) is 13.3. The zero-order valence-corrected chi connectivity index (χ0v) is 11.2. The summed E-state index contributed by atoms with van der Waals surface area (Å²) in [4.78, 5) is 0. The molecule has 18 heavy (non-hydrogen) atoms. The third-order valence-electron chi connectivity index (χ3n) is 3.01. The molecule has 0 radical (unpaired) electrons. The number of rotatable bonds is 6. The zero-order chi connectivity index (χ0) is 12.6. The van der Waals surface area contributed by atoms with Crippen LogP contribution < -0.4 is 10.1 Å². The minimum absolute atomic E-state index is 0.108. The van der Waals surface area contributed by atoms with E-state index in [9.17, 15) is 0 Å². The lowest BCUT2D eigenvalue weighted by atomic mass is 10.1. The van der Waals surface area contributed by atoms with Crippen molar-refractivity contribution in [2.75, 3.05) is 24.7 Å². The summed E-state index contributed by atoms with van der Waals surface area (Å²) in [7, 11) is 0. The largest absolute Gasteiger partial charge is 0.479 e. The summed E-state index contributed by atoms with van der Waals surface area (Å²) < 4.78 is 5.21. The molecule has 1 aliphatic rings. The highest BCUT2D eigenvalue weighted by Crippen LogP contribution is 2.22. The predicted molar refractivity (Wildman–Crippen MR) is 74.7 cm³/mol. The van der Waals surface area contributed by atoms with E-state index in [1.54, 1.807) is 0 Å². The number of nitrogens with one attached hydrogen (secondary N) is 1. The maximum absolute atomic E-state index is 8.42. The Kier molecular flexibility index (Phi) is 5.37. The Labute approximate surface area is 113 Å². The van der Waals surface area contributed by atoms with E-state index in [-0.39, 0.29) is 6.61 Å². The lowest BCUT2D eigenvalue weighted by Gasteiger charge is -2.10. The molecule has 4 heteroatoms. The molecule has 0 saturated carbocycles. The van der Waals surface area contributed by atoms with E-state index in [1.807, 2.05) is 30.3 Å². The summed E-state index contributed by atoms with van der Waals surface area (Å²) in [6.07, 6.45) is 1.35. The van der Waals surface area contributed by atoms with Gasteiger partial charge in [-0.15, -0.1) is 0 Å². The molecule has 0 aliphatic carbocycles. The molecule has 0 spiro atoms. The van der Waals surface area contributed by atoms with Crippen molar-refractivity contribution < 1.29 is 4.74 Å². The van der Waals surface area contributed by atoms with Crippen molar-refractivity contribution in [1.29, 1.82) is 5.26 Å². The SMILES string of the molecule is N#CCOc1ccc(CNCC2CCSC2)cc1. The third kappa shape index (κ3) is 4.25. The minimum Gasteiger partial charge on any atom is -0.479 e. The van der Waals surface area contributed by atoms with Crippen LogP contribution in [0.1, 0.15) is 12.0 Å². The first-order chi connectivity index (χ1) is 8.88. The number of benzene rings is 1. The van der Waals surface area contributed by atoms with Crippen molar-refractivity contribution in [3.05, 3.63) is 29.8 Å². The second-order valence-electron chi connectivity index (χ2n) is 4.45. The molecule has 0 amide bonds. The van der Waals surface area contributed by atoms with E-state index in [4.69, 9.17) is 10.00 Å². The van der Waals surface area contributed by atoms with Gasteiger partial charge >= 0.3 is 0 Å². The molecule has 1 N–H and O–H groups in total. The number of hydrogen-bond acceptors (Lipinski definition) is 4. The van der Waals surface area contributed by atoms with Gasteiger partial charge in [0.1, 0.15) is 11.8 Å². The normalized spacial score (nSPS) is 18.5. The zero-order valence-electron chi connectivity index (χ0n) is 10.4. The van der Waals surface area contributed by atoms with E-state index in [0.717, 1.165) is 24.8 Å². The average molecular weight is 262 g/mol. The van der Waals surface area contributed by atoms with Crippen LogP contribution in [0.4, 0.5) is 0 Å². The molecule has 1 aromatic rings. The minimum atomic E-state index is 0.108. The van der Waals surface area contributed by atoms with E-state index in [2.05, 4.69) is 17.1 Å². The average Bonchev–Trinajstić information content (AvgIpc) is 2.91. The van der Waals surface area contributed by atoms with Gasteiger partial charge in [-0.05, 0) is 48.1 Å². The van der Waals surface area contributed by atoms with E-state index >= 15 is 0 Å². The Bertz CT molecular complexity index is 393. The monoisotopic (exact) mass is 262 g/mol. The van der Waals surface area contributed by atoms with E-state index in [0.29, 0.717) is 0 Å². The van der Waals surface area contributed by atoms with Crippen LogP contribution in [0.25, 0.3) is 0 Å². The number of nitriles is 1. The fourth-order valence-electron chi connectivity index (χ4n) is 1.98. The molecule has 1 heterocycles. The van der Waals surface area contributed by atoms with Crippen LogP contribution in [0.5, 0.6) is 5.75 Å². The molecule has 1 atom stereocenters. The van der Waals surface area contributed by atoms with Gasteiger partial charge in [-0.3, -0.25) is 0 Å². The molecule has 3 nitrogen and oxygen atoms in total. The molecule has 1 saturated heterocycles. The first-order valence-corrected chi connectivity index (χ1v) is 7.41. The van der Waals surface area contributed by atoms with Gasteiger partial charge in [0, 0.05) is 6.54 Å². The smallest absolute Gasteiger partial charge is 0.174 e. The molecular weight excluding hydrogens is 244 g/mol. The first-order valence-electron chi connectivity index (χ1n) is 6.25. The summed E-state index contributed by atoms with van der Waals surface area (Å²) in [6.45, 7) is 2.12. The van der Waals surface area contributed by atoms with E-state index < -0.39 is 0 Å². The summed E-state index contributed by atoms with van der Waals surface area (Å²) >= 11 is 2.06. The van der Waals surface area contributed by atoms with Crippen molar-refractivity contribution in [3.63, 3.8) is 0 Å². The summed E-state index contributed by atoms with van der Waals surface area (Å²) in [5.41, 5.74) is 1.25. The standard InChI is InChI=1S/C14H18N2OS/c15-6-7-17-14-3-1-12(2-4-14)9-16-10-13-5-8-18-11-13/h1-4,13,16H,5,7-11H2. The fraction of sp³-hybridized carbons (Fsp3) is 0.500. The van der Waals surface area contributed by atoms with Crippen LogP contribution in [0.2, 0.25) is 0 Å². The third-order valence-corrected chi connectivity index (χ3v) is 4.24. The number of nitrogens with zero attached hydrogens (tertiary/aromatic N) is 1. The van der Waals surface area contributed by atoms with Crippen LogP contribution in [0, 0.1) is 17.2 Å². The Morgan fingerprint density at radius 2 is 2.22 bits per heavy atom. The second kappa shape index (κ2) is 7.30. The molecule has 0 bridgehead atoms. The molecule has 1 unspecified atom stereocenters. The topological polar surface area (TPSA) is 45.0 Å². The van der Waals surface area contributed by atoms with Crippen LogP contribution in [-0.2, 0) is 6.54 Å². The van der Waals surface area contributed by atoms with Crippen LogP contribution in [0.3, 0.4) is 0 Å². The van der Waals surface area contributed by atoms with Crippen LogP contribution >= 0.6 is 11.8 Å². The summed E-state index contributed by atoms with van der Waals surface area (Å²) in [6, 6.07) is 9.88. The van der Waals surface area contributed by atoms with Gasteiger partial charge in [0.15, 0.2) is 6.61 Å². The number of hydrogen-bond donors (Lipinski definition) is 1. The second-order valence-corrected chi connectivity index (χ2v) is 5.60. The summed E-state index contributed by atoms with van der Waals surface area (Å²) in [5.74, 6) is 4.21. The highest BCUT2D eigenvalue weighted by molar-refractivity contribution is 7.99. The maximum atomic E-state index is 8.42. The quantitative estimate of drug-likeness (QED) is 0.855. The molecule has 1 fully saturated rings. The molecular formula is C14H18N2OS. The molecule has 96 valence electrons. The van der Waals surface area contributed by atoms with Gasteiger partial charge in [-0.1, -0.05) is 12.1 Å². The van der Waals surface area contributed by atoms with Gasteiger partial charge < -0.3 is 10.1 Å². The lowest BCUT2D eigenvalue weighted by Crippen LogP contribution is -2.22.